The number of hydrogen-bond donors (Lipinski definition) is 0. The first-order valence-corrected chi connectivity index (χ1v) is 37.7. The van der Waals surface area contributed by atoms with Gasteiger partial charge in [-0.2, -0.15) is 0 Å². The Morgan fingerprint density at radius 1 is 0.222 bits per heavy atom. The SMILES string of the molecule is c1ccc(-n2c3ccccc3c3cc4c5c(c32)-c2cccc3c6cc(-c7cccc8c9c%10c%11c(cc9n(-c9ccccc9)c78)N(c7cccc8ccccc78)c7c(ccc8ccccc78)B%11n7c8ccccc8c8cccc-%10c87)ccc6n(c23)B5c2ccc3ccccc3c2N4c2cccc3ccccc23)cc1. The van der Waals surface area contributed by atoms with E-state index in [1.807, 2.05) is 0 Å². The monoisotopic (exact) mass is 1360 g/mol. The number of hydrogen-bond acceptors (Lipinski definition) is 2. The maximum Gasteiger partial charge on any atom is 0.333 e. The molecule has 0 saturated heterocycles. The molecule has 4 aliphatic rings. The number of aromatic nitrogens is 4. The minimum absolute atomic E-state index is 0.163. The number of rotatable bonds is 5. The largest absolute Gasteiger partial charge is 0.375 e. The summed E-state index contributed by atoms with van der Waals surface area (Å²) in [5.74, 6) is 0. The van der Waals surface area contributed by atoms with Crippen LogP contribution >= 0.6 is 0 Å². The number of anilines is 6. The minimum atomic E-state index is -0.218. The van der Waals surface area contributed by atoms with Crippen LogP contribution in [0.4, 0.5) is 34.1 Å². The zero-order valence-corrected chi connectivity index (χ0v) is 58.3. The number of para-hydroxylation sites is 7. The Hall–Kier alpha value is -14.1. The second-order valence-corrected chi connectivity index (χ2v) is 30.0. The van der Waals surface area contributed by atoms with Gasteiger partial charge in [-0.15, -0.1) is 0 Å². The minimum Gasteiger partial charge on any atom is -0.375 e. The topological polar surface area (TPSA) is 26.2 Å². The van der Waals surface area contributed by atoms with Gasteiger partial charge in [0.1, 0.15) is 0 Å². The maximum absolute atomic E-state index is 2.75. The lowest BCUT2D eigenvalue weighted by atomic mass is 9.44. The molecule has 4 aliphatic heterocycles. The van der Waals surface area contributed by atoms with E-state index in [1.54, 1.807) is 0 Å². The van der Waals surface area contributed by atoms with E-state index in [0.717, 1.165) is 33.8 Å². The van der Waals surface area contributed by atoms with Crippen molar-refractivity contribution < 1.29 is 0 Å². The quantitative estimate of drug-likeness (QED) is 0.161. The lowest BCUT2D eigenvalue weighted by Crippen LogP contribution is -2.56. The molecule has 18 aromatic carbocycles. The van der Waals surface area contributed by atoms with Gasteiger partial charge >= 0.3 is 13.7 Å². The van der Waals surface area contributed by atoms with Crippen molar-refractivity contribution in [1.29, 1.82) is 0 Å². The van der Waals surface area contributed by atoms with Crippen LogP contribution in [0.2, 0.25) is 0 Å². The van der Waals surface area contributed by atoms with Crippen LogP contribution < -0.4 is 31.7 Å². The normalized spacial score (nSPS) is 13.3. The van der Waals surface area contributed by atoms with E-state index < -0.39 is 0 Å². The second-order valence-electron chi connectivity index (χ2n) is 30.0. The molecule has 0 aliphatic carbocycles. The molecule has 0 atom stereocenters. The fourth-order valence-corrected chi connectivity index (χ4v) is 20.9. The lowest BCUT2D eigenvalue weighted by molar-refractivity contribution is 1.18. The Balaban J connectivity index is 0.788. The lowest BCUT2D eigenvalue weighted by Gasteiger charge is -2.41. The van der Waals surface area contributed by atoms with Gasteiger partial charge in [0.05, 0.1) is 44.8 Å². The zero-order valence-electron chi connectivity index (χ0n) is 58.3. The van der Waals surface area contributed by atoms with Gasteiger partial charge in [0, 0.05) is 132 Å². The zero-order chi connectivity index (χ0) is 69.9. The van der Waals surface area contributed by atoms with E-state index in [1.165, 1.54) is 197 Å². The summed E-state index contributed by atoms with van der Waals surface area (Å²) < 4.78 is 10.6. The van der Waals surface area contributed by atoms with E-state index >= 15 is 0 Å². The highest BCUT2D eigenvalue weighted by atomic mass is 15.2. The van der Waals surface area contributed by atoms with Gasteiger partial charge in [-0.05, 0) is 127 Å². The number of benzene rings is 18. The highest BCUT2D eigenvalue weighted by Crippen LogP contribution is 2.56. The predicted molar refractivity (Wildman–Crippen MR) is 458 cm³/mol. The molecule has 108 heavy (non-hydrogen) atoms. The molecule has 8 heteroatoms. The molecule has 6 nitrogen and oxygen atoms in total. The van der Waals surface area contributed by atoms with Gasteiger partial charge in [-0.25, -0.2) is 0 Å². The third kappa shape index (κ3) is 7.20. The molecular weight excluding hydrogens is 1310 g/mol. The average Bonchev–Trinajstić information content (AvgIpc) is 1.43. The Morgan fingerprint density at radius 3 is 1.25 bits per heavy atom. The first-order valence-electron chi connectivity index (χ1n) is 37.7. The molecular formula is C100H58B2N6. The summed E-state index contributed by atoms with van der Waals surface area (Å²) in [4.78, 5) is 5.31. The molecule has 0 bridgehead atoms. The van der Waals surface area contributed by atoms with E-state index in [2.05, 4.69) is 380 Å². The van der Waals surface area contributed by atoms with Crippen LogP contribution in [0.3, 0.4) is 0 Å². The van der Waals surface area contributed by atoms with Crippen molar-refractivity contribution in [2.75, 3.05) is 9.80 Å². The van der Waals surface area contributed by atoms with Crippen molar-refractivity contribution >= 4 is 200 Å². The fourth-order valence-electron chi connectivity index (χ4n) is 20.9. The Labute approximate surface area is 620 Å². The van der Waals surface area contributed by atoms with Crippen molar-refractivity contribution in [3.63, 3.8) is 0 Å². The van der Waals surface area contributed by atoms with Crippen LogP contribution in [0.15, 0.2) is 352 Å². The molecule has 26 rings (SSSR count). The summed E-state index contributed by atoms with van der Waals surface area (Å²) in [5.41, 5.74) is 31.6. The van der Waals surface area contributed by atoms with E-state index in [4.69, 9.17) is 0 Å². The summed E-state index contributed by atoms with van der Waals surface area (Å²) in [7, 11) is 0. The highest BCUT2D eigenvalue weighted by molar-refractivity contribution is 6.92. The summed E-state index contributed by atoms with van der Waals surface area (Å²) in [6, 6.07) is 134. The van der Waals surface area contributed by atoms with Crippen LogP contribution in [0.1, 0.15) is 0 Å². The molecule has 0 amide bonds. The van der Waals surface area contributed by atoms with E-state index in [9.17, 15) is 0 Å². The molecule has 8 heterocycles. The number of nitrogens with zero attached hydrogens (tertiary/aromatic N) is 6. The smallest absolute Gasteiger partial charge is 0.333 e. The van der Waals surface area contributed by atoms with Crippen LogP contribution in [0, 0.1) is 0 Å². The fraction of sp³-hybridized carbons (Fsp3) is 0. The Morgan fingerprint density at radius 2 is 0.648 bits per heavy atom. The third-order valence-corrected chi connectivity index (χ3v) is 25.0. The van der Waals surface area contributed by atoms with Crippen molar-refractivity contribution in [2.24, 2.45) is 0 Å². The van der Waals surface area contributed by atoms with Crippen LogP contribution in [-0.4, -0.2) is 31.8 Å². The average molecular weight is 1370 g/mol. The van der Waals surface area contributed by atoms with Crippen molar-refractivity contribution in [3.05, 3.63) is 352 Å². The van der Waals surface area contributed by atoms with Gasteiger partial charge in [0.15, 0.2) is 0 Å². The molecule has 4 aromatic heterocycles. The van der Waals surface area contributed by atoms with Gasteiger partial charge < -0.3 is 27.9 Å². The van der Waals surface area contributed by atoms with Crippen molar-refractivity contribution in [2.45, 2.75) is 0 Å². The molecule has 22 aromatic rings. The van der Waals surface area contributed by atoms with Crippen molar-refractivity contribution in [3.8, 4) is 44.8 Å². The summed E-state index contributed by atoms with van der Waals surface area (Å²) in [6.07, 6.45) is 0. The van der Waals surface area contributed by atoms with Gasteiger partial charge in [-0.1, -0.05) is 279 Å². The second kappa shape index (κ2) is 20.9. The molecule has 0 fully saturated rings. The first kappa shape index (κ1) is 57.3. The summed E-state index contributed by atoms with van der Waals surface area (Å²) in [6.45, 7) is -0.380. The molecule has 0 N–H and O–H groups in total. The van der Waals surface area contributed by atoms with Gasteiger partial charge in [-0.3, -0.25) is 0 Å². The van der Waals surface area contributed by atoms with Gasteiger partial charge in [0.2, 0.25) is 0 Å². The Bertz CT molecular complexity index is 7840. The molecule has 0 unspecified atom stereocenters. The van der Waals surface area contributed by atoms with Gasteiger partial charge in [0.25, 0.3) is 0 Å². The van der Waals surface area contributed by atoms with Crippen LogP contribution in [-0.2, 0) is 0 Å². The van der Waals surface area contributed by atoms with Crippen molar-refractivity contribution in [1.82, 2.24) is 18.1 Å². The highest BCUT2D eigenvalue weighted by Gasteiger charge is 2.48. The number of fused-ring (bicyclic) bond motifs is 28. The molecule has 0 radical (unpaired) electrons. The molecule has 494 valence electrons. The molecule has 0 spiro atoms. The predicted octanol–water partition coefficient (Wildman–Crippen LogP) is 23.2. The summed E-state index contributed by atoms with van der Waals surface area (Å²) in [5, 5.41) is 19.6. The van der Waals surface area contributed by atoms with E-state index in [-0.39, 0.29) is 13.7 Å². The molecule has 0 saturated carbocycles. The van der Waals surface area contributed by atoms with Crippen LogP contribution in [0.25, 0.3) is 175 Å². The first-order chi connectivity index (χ1) is 53.7. The van der Waals surface area contributed by atoms with E-state index in [0.29, 0.717) is 0 Å². The maximum atomic E-state index is 2.75. The standard InChI is InChI=1S/C100H58B2N6/c1-3-30-64(31-4-1)103-84-46-17-15-39-72(84)79-57-88-94-92(100(79)103)77-45-23-42-74-78-56-63(52-55-86(78)108(97(74)77)102(94)81-54-51-61-26-9-13-36-68(61)98(81)105(88)82-48-19-28-59-24-7-11-34-66(59)82)70-40-21-43-75-90-87(104(95(70)75)65-32-5-2-6-33-65)58-89-93-91(90)76-44-22-41-73-71-38-16-18-47-85(71)107(96(73)76)101(93)80-53-50-62-27-10-14-37-69(62)99(80)106(89)83-49-20-29-60-25-8-12-35-67(60)83/h1-58H. The Kier molecular flexibility index (Phi) is 11.1. The summed E-state index contributed by atoms with van der Waals surface area (Å²) >= 11 is 0. The third-order valence-electron chi connectivity index (χ3n) is 25.0. The van der Waals surface area contributed by atoms with Crippen LogP contribution in [0.5, 0.6) is 0 Å².